The Morgan fingerprint density at radius 1 is 1.27 bits per heavy atom. The molecule has 0 aliphatic rings. The Morgan fingerprint density at radius 2 is 1.95 bits per heavy atom. The summed E-state index contributed by atoms with van der Waals surface area (Å²) < 4.78 is 32.2. The number of hydrogen-bond acceptors (Lipinski definition) is 3. The third-order valence-electron chi connectivity index (χ3n) is 3.36. The van der Waals surface area contributed by atoms with Crippen molar-refractivity contribution < 1.29 is 23.1 Å². The molecule has 0 radical (unpaired) electrons. The Morgan fingerprint density at radius 3 is 2.55 bits per heavy atom. The van der Waals surface area contributed by atoms with Crippen LogP contribution in [0, 0.1) is 25.5 Å². The Hall–Kier alpha value is -2.21. The van der Waals surface area contributed by atoms with Crippen LogP contribution in [0.2, 0.25) is 0 Å². The fraction of sp³-hybridized carbons (Fsp3) is 0.312. The van der Waals surface area contributed by atoms with E-state index in [1.54, 1.807) is 19.1 Å². The first-order valence-corrected chi connectivity index (χ1v) is 6.74. The first-order chi connectivity index (χ1) is 10.2. The highest BCUT2D eigenvalue weighted by atomic mass is 19.1. The highest BCUT2D eigenvalue weighted by Crippen LogP contribution is 2.22. The fourth-order valence-corrected chi connectivity index (χ4v) is 1.99. The van der Waals surface area contributed by atoms with E-state index in [9.17, 15) is 18.7 Å². The van der Waals surface area contributed by atoms with Crippen LogP contribution in [0.1, 0.15) is 34.4 Å². The number of furan rings is 1. The first-order valence-electron chi connectivity index (χ1n) is 6.74. The minimum absolute atomic E-state index is 0.167. The molecular weight excluding hydrogens is 292 g/mol. The van der Waals surface area contributed by atoms with Crippen molar-refractivity contribution in [2.24, 2.45) is 0 Å². The van der Waals surface area contributed by atoms with E-state index in [2.05, 4.69) is 5.32 Å². The molecule has 2 aromatic rings. The van der Waals surface area contributed by atoms with Gasteiger partial charge in [0.2, 0.25) is 0 Å². The zero-order chi connectivity index (χ0) is 16.5. The first kappa shape index (κ1) is 16.2. The molecule has 0 saturated carbocycles. The molecule has 0 saturated heterocycles. The Kier molecular flexibility index (Phi) is 4.32. The second kappa shape index (κ2) is 5.88. The molecule has 0 aliphatic carbocycles. The summed E-state index contributed by atoms with van der Waals surface area (Å²) >= 11 is 0. The van der Waals surface area contributed by atoms with Crippen molar-refractivity contribution in [3.05, 3.63) is 58.5 Å². The van der Waals surface area contributed by atoms with E-state index in [1.165, 1.54) is 13.8 Å². The van der Waals surface area contributed by atoms with Gasteiger partial charge in [0.1, 0.15) is 28.8 Å². The average molecular weight is 309 g/mol. The van der Waals surface area contributed by atoms with Gasteiger partial charge in [0.25, 0.3) is 5.91 Å². The van der Waals surface area contributed by atoms with E-state index >= 15 is 0 Å². The molecule has 0 bridgehead atoms. The molecule has 1 amide bonds. The van der Waals surface area contributed by atoms with Crippen LogP contribution in [0.4, 0.5) is 8.78 Å². The lowest BCUT2D eigenvalue weighted by Gasteiger charge is -2.21. The molecule has 0 fully saturated rings. The quantitative estimate of drug-likeness (QED) is 0.913. The van der Waals surface area contributed by atoms with Gasteiger partial charge in [-0.25, -0.2) is 8.78 Å². The number of aliphatic hydroxyl groups is 1. The molecule has 2 rings (SSSR count). The molecule has 4 nitrogen and oxygen atoms in total. The van der Waals surface area contributed by atoms with Crippen LogP contribution in [-0.2, 0) is 5.60 Å². The Balaban J connectivity index is 2.11. The summed E-state index contributed by atoms with van der Waals surface area (Å²) in [4.78, 5) is 12.0. The number of benzene rings is 1. The molecule has 1 heterocycles. The van der Waals surface area contributed by atoms with Gasteiger partial charge in [0, 0.05) is 6.07 Å². The van der Waals surface area contributed by atoms with Crippen LogP contribution >= 0.6 is 0 Å². The summed E-state index contributed by atoms with van der Waals surface area (Å²) in [6.45, 7) is 4.47. The summed E-state index contributed by atoms with van der Waals surface area (Å²) in [5, 5.41) is 12.7. The molecule has 1 aromatic carbocycles. The van der Waals surface area contributed by atoms with Gasteiger partial charge >= 0.3 is 0 Å². The van der Waals surface area contributed by atoms with E-state index in [4.69, 9.17) is 4.42 Å². The van der Waals surface area contributed by atoms with Crippen molar-refractivity contribution >= 4 is 5.91 Å². The van der Waals surface area contributed by atoms with E-state index in [-0.39, 0.29) is 17.7 Å². The van der Waals surface area contributed by atoms with Crippen LogP contribution in [-0.4, -0.2) is 17.6 Å². The molecule has 118 valence electrons. The molecule has 1 atom stereocenters. The van der Waals surface area contributed by atoms with Crippen molar-refractivity contribution in [3.63, 3.8) is 0 Å². The maximum Gasteiger partial charge on any atom is 0.254 e. The monoisotopic (exact) mass is 309 g/mol. The van der Waals surface area contributed by atoms with E-state index in [0.29, 0.717) is 17.6 Å². The molecule has 1 aromatic heterocycles. The second-order valence-corrected chi connectivity index (χ2v) is 5.45. The molecular formula is C16H17F2NO3. The van der Waals surface area contributed by atoms with Crippen LogP contribution in [0.15, 0.2) is 28.7 Å². The fourth-order valence-electron chi connectivity index (χ4n) is 1.99. The standard InChI is InChI=1S/C16H17F2NO3/c1-9-6-11(13(18)7-12(9)17)15(20)19-8-16(3,21)14-5-4-10(2)22-14/h4-7,21H,8H2,1-3H3,(H,19,20). The number of carbonyl (C=O) groups excluding carboxylic acids is 1. The summed E-state index contributed by atoms with van der Waals surface area (Å²) in [5.41, 5.74) is -1.54. The highest BCUT2D eigenvalue weighted by Gasteiger charge is 2.28. The van der Waals surface area contributed by atoms with E-state index in [0.717, 1.165) is 6.07 Å². The number of aryl methyl sites for hydroxylation is 2. The molecule has 1 unspecified atom stereocenters. The van der Waals surface area contributed by atoms with Gasteiger partial charge in [0.05, 0.1) is 12.1 Å². The summed E-state index contributed by atoms with van der Waals surface area (Å²) in [7, 11) is 0. The van der Waals surface area contributed by atoms with Gasteiger partial charge < -0.3 is 14.8 Å². The summed E-state index contributed by atoms with van der Waals surface area (Å²) in [6, 6.07) is 5.09. The number of rotatable bonds is 4. The number of amides is 1. The largest absolute Gasteiger partial charge is 0.463 e. The third-order valence-corrected chi connectivity index (χ3v) is 3.36. The van der Waals surface area contributed by atoms with Gasteiger partial charge in [-0.05, 0) is 44.5 Å². The lowest BCUT2D eigenvalue weighted by atomic mass is 10.0. The Bertz CT molecular complexity index is 707. The van der Waals surface area contributed by atoms with Crippen molar-refractivity contribution in [2.45, 2.75) is 26.4 Å². The van der Waals surface area contributed by atoms with Crippen molar-refractivity contribution in [3.8, 4) is 0 Å². The third kappa shape index (κ3) is 3.33. The molecule has 22 heavy (non-hydrogen) atoms. The van der Waals surface area contributed by atoms with Gasteiger partial charge in [-0.2, -0.15) is 0 Å². The summed E-state index contributed by atoms with van der Waals surface area (Å²) in [5.74, 6) is -1.48. The average Bonchev–Trinajstić information content (AvgIpc) is 2.88. The van der Waals surface area contributed by atoms with Crippen molar-refractivity contribution in [1.82, 2.24) is 5.32 Å². The zero-order valence-electron chi connectivity index (χ0n) is 12.5. The topological polar surface area (TPSA) is 62.5 Å². The van der Waals surface area contributed by atoms with Crippen LogP contribution in [0.5, 0.6) is 0 Å². The van der Waals surface area contributed by atoms with Gasteiger partial charge in [-0.1, -0.05) is 0 Å². The second-order valence-electron chi connectivity index (χ2n) is 5.45. The van der Waals surface area contributed by atoms with Gasteiger partial charge in [-0.3, -0.25) is 4.79 Å². The molecule has 2 N–H and O–H groups in total. The maximum atomic E-state index is 13.6. The normalized spacial score (nSPS) is 13.7. The minimum Gasteiger partial charge on any atom is -0.463 e. The number of halogens is 2. The lowest BCUT2D eigenvalue weighted by Crippen LogP contribution is -2.38. The number of nitrogens with one attached hydrogen (secondary N) is 1. The van der Waals surface area contributed by atoms with E-state index in [1.807, 2.05) is 0 Å². The zero-order valence-corrected chi connectivity index (χ0v) is 12.5. The molecule has 6 heteroatoms. The lowest BCUT2D eigenvalue weighted by molar-refractivity contribution is 0.0322. The number of carbonyl (C=O) groups is 1. The van der Waals surface area contributed by atoms with Gasteiger partial charge in [-0.15, -0.1) is 0 Å². The van der Waals surface area contributed by atoms with Gasteiger partial charge in [0.15, 0.2) is 0 Å². The molecule has 0 aliphatic heterocycles. The predicted molar refractivity (Wildman–Crippen MR) is 76.4 cm³/mol. The van der Waals surface area contributed by atoms with Crippen molar-refractivity contribution in [2.75, 3.05) is 6.54 Å². The minimum atomic E-state index is -1.44. The SMILES string of the molecule is Cc1ccc(C(C)(O)CNC(=O)c2cc(C)c(F)cc2F)o1. The maximum absolute atomic E-state index is 13.6. The highest BCUT2D eigenvalue weighted by molar-refractivity contribution is 5.94. The Labute approximate surface area is 126 Å². The van der Waals surface area contributed by atoms with Crippen LogP contribution in [0.3, 0.4) is 0 Å². The van der Waals surface area contributed by atoms with Crippen molar-refractivity contribution in [1.29, 1.82) is 0 Å². The molecule has 0 spiro atoms. The van der Waals surface area contributed by atoms with Crippen LogP contribution < -0.4 is 5.32 Å². The smallest absolute Gasteiger partial charge is 0.254 e. The van der Waals surface area contributed by atoms with Crippen LogP contribution in [0.25, 0.3) is 0 Å². The number of hydrogen-bond donors (Lipinski definition) is 2. The van der Waals surface area contributed by atoms with E-state index < -0.39 is 23.1 Å². The predicted octanol–water partition coefficient (Wildman–Crippen LogP) is 2.81. The summed E-state index contributed by atoms with van der Waals surface area (Å²) in [6.07, 6.45) is 0.